The molecule has 0 unspecified atom stereocenters. The fraction of sp³-hybridized carbons (Fsp3) is 0.269. The zero-order valence-electron chi connectivity index (χ0n) is 19.3. The first-order chi connectivity index (χ1) is 16.3. The van der Waals surface area contributed by atoms with Gasteiger partial charge < -0.3 is 5.32 Å². The normalized spacial score (nSPS) is 11.3. The van der Waals surface area contributed by atoms with E-state index in [2.05, 4.69) is 5.32 Å². The summed E-state index contributed by atoms with van der Waals surface area (Å²) in [4.78, 5) is 12.8. The van der Waals surface area contributed by atoms with Crippen LogP contribution in [0, 0.1) is 19.7 Å². The Balaban J connectivity index is 1.58. The Kier molecular flexibility index (Phi) is 9.12. The van der Waals surface area contributed by atoms with Crippen LogP contribution in [0.2, 0.25) is 0 Å². The van der Waals surface area contributed by atoms with E-state index in [1.165, 1.54) is 12.1 Å². The van der Waals surface area contributed by atoms with E-state index in [4.69, 9.17) is 0 Å². The van der Waals surface area contributed by atoms with Crippen LogP contribution in [0.1, 0.15) is 23.1 Å². The highest BCUT2D eigenvalue weighted by atomic mass is 32.2. The monoisotopic (exact) mass is 500 g/mol. The van der Waals surface area contributed by atoms with Crippen LogP contribution in [0.15, 0.2) is 77.7 Å². The molecule has 0 atom stereocenters. The zero-order chi connectivity index (χ0) is 24.6. The van der Waals surface area contributed by atoms with Crippen molar-refractivity contribution in [2.45, 2.75) is 30.9 Å². The van der Waals surface area contributed by atoms with Gasteiger partial charge in [0.15, 0.2) is 0 Å². The lowest BCUT2D eigenvalue weighted by atomic mass is 10.2. The van der Waals surface area contributed by atoms with E-state index >= 15 is 0 Å². The van der Waals surface area contributed by atoms with Gasteiger partial charge in [-0.2, -0.15) is 11.8 Å². The maximum absolute atomic E-state index is 13.4. The van der Waals surface area contributed by atoms with Crippen molar-refractivity contribution in [3.05, 3.63) is 95.3 Å². The van der Waals surface area contributed by atoms with E-state index in [-0.39, 0.29) is 23.2 Å². The molecule has 0 bridgehead atoms. The number of rotatable bonds is 11. The number of anilines is 1. The molecule has 5 nitrogen and oxygen atoms in total. The van der Waals surface area contributed by atoms with Crippen LogP contribution < -0.4 is 9.62 Å². The Hall–Kier alpha value is -2.84. The van der Waals surface area contributed by atoms with Gasteiger partial charge in [0.25, 0.3) is 10.0 Å². The summed E-state index contributed by atoms with van der Waals surface area (Å²) in [5, 5.41) is 2.83. The van der Waals surface area contributed by atoms with Gasteiger partial charge in [-0.1, -0.05) is 42.0 Å². The summed E-state index contributed by atoms with van der Waals surface area (Å²) >= 11 is 1.70. The molecule has 0 saturated carbocycles. The van der Waals surface area contributed by atoms with E-state index < -0.39 is 10.0 Å². The Morgan fingerprint density at radius 1 is 0.971 bits per heavy atom. The van der Waals surface area contributed by atoms with E-state index in [0.717, 1.165) is 38.9 Å². The number of benzene rings is 3. The molecule has 1 amide bonds. The maximum Gasteiger partial charge on any atom is 0.264 e. The molecule has 34 heavy (non-hydrogen) atoms. The average Bonchev–Trinajstić information content (AvgIpc) is 2.81. The van der Waals surface area contributed by atoms with Crippen LogP contribution in [0.25, 0.3) is 0 Å². The molecular formula is C26H29FN2O3S2. The first kappa shape index (κ1) is 25.8. The number of aryl methyl sites for hydroxylation is 2. The molecule has 0 heterocycles. The fourth-order valence-electron chi connectivity index (χ4n) is 3.29. The number of nitrogens with one attached hydrogen (secondary N) is 1. The first-order valence-electron chi connectivity index (χ1n) is 11.0. The molecule has 3 aromatic rings. The maximum atomic E-state index is 13.4. The van der Waals surface area contributed by atoms with Gasteiger partial charge in [0.1, 0.15) is 12.4 Å². The number of sulfonamides is 1. The van der Waals surface area contributed by atoms with Crippen molar-refractivity contribution in [1.82, 2.24) is 5.32 Å². The fourth-order valence-corrected chi connectivity index (χ4v) is 5.63. The van der Waals surface area contributed by atoms with Gasteiger partial charge in [0.2, 0.25) is 5.91 Å². The second-order valence-electron chi connectivity index (χ2n) is 8.05. The first-order valence-corrected chi connectivity index (χ1v) is 13.6. The van der Waals surface area contributed by atoms with Gasteiger partial charge in [0, 0.05) is 12.3 Å². The van der Waals surface area contributed by atoms with Gasteiger partial charge in [-0.3, -0.25) is 9.10 Å². The Morgan fingerprint density at radius 3 is 2.35 bits per heavy atom. The van der Waals surface area contributed by atoms with Crippen LogP contribution in [-0.4, -0.2) is 33.2 Å². The summed E-state index contributed by atoms with van der Waals surface area (Å²) < 4.78 is 40.9. The smallest absolute Gasteiger partial charge is 0.264 e. The molecule has 0 aliphatic heterocycles. The third-order valence-electron chi connectivity index (χ3n) is 5.16. The number of carbonyl (C=O) groups is 1. The van der Waals surface area contributed by atoms with Crippen molar-refractivity contribution in [2.75, 3.05) is 23.1 Å². The molecule has 0 aliphatic rings. The lowest BCUT2D eigenvalue weighted by Crippen LogP contribution is -2.41. The Labute approximate surface area is 205 Å². The second kappa shape index (κ2) is 12.0. The van der Waals surface area contributed by atoms with Crippen LogP contribution in [0.3, 0.4) is 0 Å². The Morgan fingerprint density at radius 2 is 1.68 bits per heavy atom. The highest BCUT2D eigenvalue weighted by Crippen LogP contribution is 2.24. The number of thioether (sulfide) groups is 1. The van der Waals surface area contributed by atoms with Crippen molar-refractivity contribution >= 4 is 33.4 Å². The van der Waals surface area contributed by atoms with Gasteiger partial charge in [-0.15, -0.1) is 0 Å². The number of amides is 1. The van der Waals surface area contributed by atoms with Gasteiger partial charge >= 0.3 is 0 Å². The molecular weight excluding hydrogens is 471 g/mol. The van der Waals surface area contributed by atoms with Crippen molar-refractivity contribution in [3.8, 4) is 0 Å². The SMILES string of the molecule is Cc1ccc(S(=O)(=O)N(CC(=O)NCCCSCc2ccc(F)cc2)c2cccc(C)c2)cc1. The van der Waals surface area contributed by atoms with Gasteiger partial charge in [-0.05, 0) is 73.5 Å². The highest BCUT2D eigenvalue weighted by molar-refractivity contribution is 7.98. The number of nitrogens with zero attached hydrogens (tertiary/aromatic N) is 1. The summed E-state index contributed by atoms with van der Waals surface area (Å²) in [6.45, 7) is 3.91. The molecule has 0 saturated heterocycles. The summed E-state index contributed by atoms with van der Waals surface area (Å²) in [5.74, 6) is 0.978. The van der Waals surface area contributed by atoms with Crippen molar-refractivity contribution in [3.63, 3.8) is 0 Å². The molecule has 0 radical (unpaired) electrons. The lowest BCUT2D eigenvalue weighted by Gasteiger charge is -2.24. The number of hydrogen-bond acceptors (Lipinski definition) is 4. The van der Waals surface area contributed by atoms with E-state index in [9.17, 15) is 17.6 Å². The summed E-state index contributed by atoms with van der Waals surface area (Å²) in [7, 11) is -3.91. The van der Waals surface area contributed by atoms with Crippen LogP contribution in [-0.2, 0) is 20.6 Å². The zero-order valence-corrected chi connectivity index (χ0v) is 21.0. The third kappa shape index (κ3) is 7.33. The lowest BCUT2D eigenvalue weighted by molar-refractivity contribution is -0.119. The molecule has 0 aromatic heterocycles. The quantitative estimate of drug-likeness (QED) is 0.373. The second-order valence-corrected chi connectivity index (χ2v) is 11.0. The van der Waals surface area contributed by atoms with Crippen molar-refractivity contribution < 1.29 is 17.6 Å². The average molecular weight is 501 g/mol. The van der Waals surface area contributed by atoms with E-state index in [1.807, 2.05) is 19.9 Å². The molecule has 0 spiro atoms. The number of halogens is 1. The van der Waals surface area contributed by atoms with Gasteiger partial charge in [-0.25, -0.2) is 12.8 Å². The predicted octanol–water partition coefficient (Wildman–Crippen LogP) is 5.08. The minimum atomic E-state index is -3.91. The summed E-state index contributed by atoms with van der Waals surface area (Å²) in [5.41, 5.74) is 3.35. The minimum absolute atomic E-state index is 0.143. The molecule has 1 N–H and O–H groups in total. The predicted molar refractivity (Wildman–Crippen MR) is 137 cm³/mol. The van der Waals surface area contributed by atoms with Crippen LogP contribution >= 0.6 is 11.8 Å². The van der Waals surface area contributed by atoms with Gasteiger partial charge in [0.05, 0.1) is 10.6 Å². The summed E-state index contributed by atoms with van der Waals surface area (Å²) in [6.07, 6.45) is 0.743. The molecule has 8 heteroatoms. The highest BCUT2D eigenvalue weighted by Gasteiger charge is 2.27. The molecule has 180 valence electrons. The third-order valence-corrected chi connectivity index (χ3v) is 8.06. The standard InChI is InChI=1S/C26H29FN2O3S2/c1-20-7-13-25(14-8-20)34(31,32)29(24-6-3-5-21(2)17-24)18-26(30)28-15-4-16-33-19-22-9-11-23(27)12-10-22/h3,5-14,17H,4,15-16,18-19H2,1-2H3,(H,28,30). The number of carbonyl (C=O) groups excluding carboxylic acids is 1. The van der Waals surface area contributed by atoms with Crippen molar-refractivity contribution in [2.24, 2.45) is 0 Å². The van der Waals surface area contributed by atoms with E-state index in [0.29, 0.717) is 12.2 Å². The molecule has 0 aliphatic carbocycles. The minimum Gasteiger partial charge on any atom is -0.354 e. The topological polar surface area (TPSA) is 66.5 Å². The van der Waals surface area contributed by atoms with Crippen LogP contribution in [0.4, 0.5) is 10.1 Å². The van der Waals surface area contributed by atoms with Crippen LogP contribution in [0.5, 0.6) is 0 Å². The molecule has 3 rings (SSSR count). The molecule has 0 fully saturated rings. The van der Waals surface area contributed by atoms with Crippen molar-refractivity contribution in [1.29, 1.82) is 0 Å². The number of hydrogen-bond donors (Lipinski definition) is 1. The Bertz CT molecular complexity index is 1200. The molecule has 3 aromatic carbocycles. The largest absolute Gasteiger partial charge is 0.354 e. The van der Waals surface area contributed by atoms with E-state index in [1.54, 1.807) is 66.4 Å². The summed E-state index contributed by atoms with van der Waals surface area (Å²) in [6, 6.07) is 20.1.